The highest BCUT2D eigenvalue weighted by Gasteiger charge is 2.18. The van der Waals surface area contributed by atoms with E-state index in [2.05, 4.69) is 5.32 Å². The Balaban J connectivity index is 3.35. The van der Waals surface area contributed by atoms with Gasteiger partial charge in [0.05, 0.1) is 16.3 Å². The van der Waals surface area contributed by atoms with Gasteiger partial charge in [-0.1, -0.05) is 0 Å². The van der Waals surface area contributed by atoms with Crippen molar-refractivity contribution in [3.63, 3.8) is 0 Å². The van der Waals surface area contributed by atoms with Crippen LogP contribution in [0.5, 0.6) is 0 Å². The van der Waals surface area contributed by atoms with Crippen molar-refractivity contribution >= 4 is 22.7 Å². The molecule has 16 heavy (non-hydrogen) atoms. The SMILES string of the molecule is CCNc1c(N(C)C)ccc([N+](=O)[O-])c1N. The molecule has 6 nitrogen and oxygen atoms in total. The molecule has 0 amide bonds. The van der Waals surface area contributed by atoms with Crippen LogP contribution in [0.3, 0.4) is 0 Å². The maximum atomic E-state index is 10.7. The molecule has 0 aromatic heterocycles. The van der Waals surface area contributed by atoms with E-state index >= 15 is 0 Å². The van der Waals surface area contributed by atoms with Gasteiger partial charge in [0.1, 0.15) is 5.69 Å². The van der Waals surface area contributed by atoms with E-state index in [4.69, 9.17) is 5.73 Å². The van der Waals surface area contributed by atoms with Crippen molar-refractivity contribution in [3.05, 3.63) is 22.2 Å². The largest absolute Gasteiger partial charge is 0.391 e. The molecule has 3 N–H and O–H groups in total. The zero-order valence-electron chi connectivity index (χ0n) is 9.65. The van der Waals surface area contributed by atoms with Gasteiger partial charge < -0.3 is 16.0 Å². The van der Waals surface area contributed by atoms with Crippen LogP contribution >= 0.6 is 0 Å². The molecule has 0 saturated heterocycles. The fourth-order valence-electron chi connectivity index (χ4n) is 1.49. The topological polar surface area (TPSA) is 84.4 Å². The number of nitro benzene ring substituents is 1. The van der Waals surface area contributed by atoms with Gasteiger partial charge in [-0.2, -0.15) is 0 Å². The predicted molar refractivity (Wildman–Crippen MR) is 66.0 cm³/mol. The van der Waals surface area contributed by atoms with Crippen molar-refractivity contribution in [1.29, 1.82) is 0 Å². The number of nitrogens with one attached hydrogen (secondary N) is 1. The predicted octanol–water partition coefficient (Wildman–Crippen LogP) is 1.67. The number of nitrogen functional groups attached to an aromatic ring is 1. The molecule has 0 aliphatic rings. The number of nitrogens with two attached hydrogens (primary N) is 1. The average molecular weight is 224 g/mol. The molecule has 1 rings (SSSR count). The second-order valence-electron chi connectivity index (χ2n) is 3.57. The Bertz CT molecular complexity index is 404. The van der Waals surface area contributed by atoms with Gasteiger partial charge in [-0.3, -0.25) is 10.1 Å². The molecule has 0 radical (unpaired) electrons. The normalized spacial score (nSPS) is 9.94. The van der Waals surface area contributed by atoms with E-state index in [1.54, 1.807) is 6.07 Å². The molecule has 1 aromatic rings. The summed E-state index contributed by atoms with van der Waals surface area (Å²) in [5.41, 5.74) is 7.34. The van der Waals surface area contributed by atoms with Gasteiger partial charge >= 0.3 is 0 Å². The number of hydrogen-bond acceptors (Lipinski definition) is 5. The minimum Gasteiger partial charge on any atom is -0.391 e. The summed E-state index contributed by atoms with van der Waals surface area (Å²) in [4.78, 5) is 12.1. The van der Waals surface area contributed by atoms with Crippen molar-refractivity contribution in [3.8, 4) is 0 Å². The number of benzene rings is 1. The first kappa shape index (κ1) is 12.1. The number of rotatable bonds is 4. The lowest BCUT2D eigenvalue weighted by atomic mass is 10.2. The summed E-state index contributed by atoms with van der Waals surface area (Å²) in [5, 5.41) is 13.8. The average Bonchev–Trinajstić information content (AvgIpc) is 2.20. The number of nitro groups is 1. The lowest BCUT2D eigenvalue weighted by Crippen LogP contribution is -2.14. The van der Waals surface area contributed by atoms with Crippen LogP contribution in [-0.2, 0) is 0 Å². The first-order valence-corrected chi connectivity index (χ1v) is 4.97. The molecule has 0 bridgehead atoms. The zero-order valence-corrected chi connectivity index (χ0v) is 9.65. The van der Waals surface area contributed by atoms with E-state index in [-0.39, 0.29) is 11.4 Å². The van der Waals surface area contributed by atoms with Crippen LogP contribution < -0.4 is 16.0 Å². The van der Waals surface area contributed by atoms with Crippen LogP contribution in [0.25, 0.3) is 0 Å². The highest BCUT2D eigenvalue weighted by atomic mass is 16.6. The summed E-state index contributed by atoms with van der Waals surface area (Å²) in [5.74, 6) is 0. The number of nitrogens with zero attached hydrogens (tertiary/aromatic N) is 2. The highest BCUT2D eigenvalue weighted by molar-refractivity contribution is 5.87. The van der Waals surface area contributed by atoms with Crippen LogP contribution in [0.15, 0.2) is 12.1 Å². The third-order valence-electron chi connectivity index (χ3n) is 2.23. The summed E-state index contributed by atoms with van der Waals surface area (Å²) in [6.07, 6.45) is 0. The number of anilines is 3. The van der Waals surface area contributed by atoms with Crippen LogP contribution in [0.2, 0.25) is 0 Å². The summed E-state index contributed by atoms with van der Waals surface area (Å²) in [6.45, 7) is 2.57. The van der Waals surface area contributed by atoms with Crippen LogP contribution in [0, 0.1) is 10.1 Å². The third kappa shape index (κ3) is 2.16. The van der Waals surface area contributed by atoms with Crippen LogP contribution in [0.1, 0.15) is 6.92 Å². The molecule has 6 heteroatoms. The zero-order chi connectivity index (χ0) is 12.3. The van der Waals surface area contributed by atoms with Gasteiger partial charge in [0.25, 0.3) is 5.69 Å². The Hall–Kier alpha value is -1.98. The van der Waals surface area contributed by atoms with E-state index in [0.29, 0.717) is 12.2 Å². The van der Waals surface area contributed by atoms with E-state index in [9.17, 15) is 10.1 Å². The van der Waals surface area contributed by atoms with Crippen molar-refractivity contribution in [2.24, 2.45) is 0 Å². The van der Waals surface area contributed by atoms with Crippen molar-refractivity contribution in [1.82, 2.24) is 0 Å². The molecular weight excluding hydrogens is 208 g/mol. The molecule has 88 valence electrons. The highest BCUT2D eigenvalue weighted by Crippen LogP contribution is 2.37. The molecule has 0 aliphatic heterocycles. The Kier molecular flexibility index (Phi) is 3.55. The second kappa shape index (κ2) is 4.69. The van der Waals surface area contributed by atoms with Gasteiger partial charge in [-0.15, -0.1) is 0 Å². The van der Waals surface area contributed by atoms with Crippen LogP contribution in [-0.4, -0.2) is 25.6 Å². The smallest absolute Gasteiger partial charge is 0.294 e. The van der Waals surface area contributed by atoms with E-state index in [1.165, 1.54) is 6.07 Å². The summed E-state index contributed by atoms with van der Waals surface area (Å²) in [6, 6.07) is 3.11. The molecule has 0 saturated carbocycles. The molecule has 0 fully saturated rings. The molecule has 0 spiro atoms. The third-order valence-corrected chi connectivity index (χ3v) is 2.23. The Labute approximate surface area is 94.2 Å². The molecule has 0 aliphatic carbocycles. The van der Waals surface area contributed by atoms with Gasteiger partial charge in [0.2, 0.25) is 0 Å². The van der Waals surface area contributed by atoms with Gasteiger partial charge in [-0.25, -0.2) is 0 Å². The molecule has 0 heterocycles. The van der Waals surface area contributed by atoms with Gasteiger partial charge in [0.15, 0.2) is 0 Å². The summed E-state index contributed by atoms with van der Waals surface area (Å²) < 4.78 is 0. The number of hydrogen-bond donors (Lipinski definition) is 2. The van der Waals surface area contributed by atoms with E-state index in [1.807, 2.05) is 25.9 Å². The summed E-state index contributed by atoms with van der Waals surface area (Å²) in [7, 11) is 3.73. The lowest BCUT2D eigenvalue weighted by molar-refractivity contribution is -0.383. The minimum absolute atomic E-state index is 0.0680. The minimum atomic E-state index is -0.477. The summed E-state index contributed by atoms with van der Waals surface area (Å²) >= 11 is 0. The molecular formula is C10H16N4O2. The maximum absolute atomic E-state index is 10.7. The molecule has 0 atom stereocenters. The lowest BCUT2D eigenvalue weighted by Gasteiger charge is -2.19. The quantitative estimate of drug-likeness (QED) is 0.461. The Morgan fingerprint density at radius 2 is 2.12 bits per heavy atom. The van der Waals surface area contributed by atoms with Gasteiger partial charge in [-0.05, 0) is 13.0 Å². The Morgan fingerprint density at radius 3 is 2.56 bits per heavy atom. The van der Waals surface area contributed by atoms with E-state index in [0.717, 1.165) is 5.69 Å². The first-order chi connectivity index (χ1) is 7.49. The monoisotopic (exact) mass is 224 g/mol. The first-order valence-electron chi connectivity index (χ1n) is 4.97. The van der Waals surface area contributed by atoms with Crippen molar-refractivity contribution in [2.45, 2.75) is 6.92 Å². The second-order valence-corrected chi connectivity index (χ2v) is 3.57. The van der Waals surface area contributed by atoms with Gasteiger partial charge in [0, 0.05) is 26.7 Å². The van der Waals surface area contributed by atoms with Crippen molar-refractivity contribution < 1.29 is 4.92 Å². The molecule has 0 unspecified atom stereocenters. The molecule has 1 aromatic carbocycles. The fraction of sp³-hybridized carbons (Fsp3) is 0.400. The Morgan fingerprint density at radius 1 is 1.50 bits per heavy atom. The van der Waals surface area contributed by atoms with Crippen molar-refractivity contribution in [2.75, 3.05) is 36.6 Å². The standard InChI is InChI=1S/C10H16N4O2/c1-4-12-10-8(13(2)3)6-5-7(9(10)11)14(15)16/h5-6,12H,4,11H2,1-3H3. The maximum Gasteiger partial charge on any atom is 0.294 e. The fourth-order valence-corrected chi connectivity index (χ4v) is 1.49. The van der Waals surface area contributed by atoms with Crippen LogP contribution in [0.4, 0.5) is 22.7 Å². The van der Waals surface area contributed by atoms with E-state index < -0.39 is 4.92 Å².